The van der Waals surface area contributed by atoms with Crippen LogP contribution in [-0.4, -0.2) is 6.17 Å². The zero-order valence-electron chi connectivity index (χ0n) is 5.26. The highest BCUT2D eigenvalue weighted by molar-refractivity contribution is 9.11. The van der Waals surface area contributed by atoms with Gasteiger partial charge in [0.1, 0.15) is 6.17 Å². The molecule has 0 aromatic rings. The standard InChI is InChI=1S/C7H7BrN2/c8-6-2-4-10-7-5(6)1-3-9-7/h1-4,7,9-10H. The van der Waals surface area contributed by atoms with E-state index < -0.39 is 0 Å². The molecule has 0 radical (unpaired) electrons. The van der Waals surface area contributed by atoms with Crippen molar-refractivity contribution in [2.75, 3.05) is 0 Å². The summed E-state index contributed by atoms with van der Waals surface area (Å²) in [5.74, 6) is 0. The Hall–Kier alpha value is -0.700. The first-order chi connectivity index (χ1) is 4.88. The third-order valence-corrected chi connectivity index (χ3v) is 2.33. The summed E-state index contributed by atoms with van der Waals surface area (Å²) in [6.45, 7) is 0. The van der Waals surface area contributed by atoms with E-state index in [1.807, 2.05) is 18.5 Å². The molecule has 1 atom stereocenters. The van der Waals surface area contributed by atoms with Crippen molar-refractivity contribution in [1.29, 1.82) is 0 Å². The van der Waals surface area contributed by atoms with Crippen LogP contribution in [0.2, 0.25) is 0 Å². The van der Waals surface area contributed by atoms with Crippen molar-refractivity contribution in [2.24, 2.45) is 0 Å². The monoisotopic (exact) mass is 198 g/mol. The average Bonchev–Trinajstić information content (AvgIpc) is 2.36. The fourth-order valence-electron chi connectivity index (χ4n) is 1.09. The maximum Gasteiger partial charge on any atom is 0.123 e. The van der Waals surface area contributed by atoms with Gasteiger partial charge < -0.3 is 10.6 Å². The van der Waals surface area contributed by atoms with E-state index in [1.165, 1.54) is 5.57 Å². The van der Waals surface area contributed by atoms with E-state index in [4.69, 9.17) is 0 Å². The molecule has 1 unspecified atom stereocenters. The third kappa shape index (κ3) is 0.778. The van der Waals surface area contributed by atoms with Crippen LogP contribution in [0, 0.1) is 0 Å². The van der Waals surface area contributed by atoms with Crippen LogP contribution in [-0.2, 0) is 0 Å². The molecule has 0 aromatic carbocycles. The summed E-state index contributed by atoms with van der Waals surface area (Å²) in [6.07, 6.45) is 8.22. The van der Waals surface area contributed by atoms with Crippen LogP contribution in [0.1, 0.15) is 0 Å². The number of allylic oxidation sites excluding steroid dienone is 2. The molecule has 2 aliphatic rings. The SMILES string of the molecule is BrC1=C2C=CNC2NC=C1. The van der Waals surface area contributed by atoms with Gasteiger partial charge in [-0.25, -0.2) is 0 Å². The number of dihydropyridines is 1. The van der Waals surface area contributed by atoms with Gasteiger partial charge in [-0.15, -0.1) is 0 Å². The van der Waals surface area contributed by atoms with E-state index in [1.54, 1.807) is 0 Å². The second-order valence-electron chi connectivity index (χ2n) is 2.24. The smallest absolute Gasteiger partial charge is 0.123 e. The van der Waals surface area contributed by atoms with Crippen molar-refractivity contribution in [3.8, 4) is 0 Å². The Balaban J connectivity index is 2.41. The molecule has 0 amide bonds. The molecule has 0 saturated heterocycles. The highest BCUT2D eigenvalue weighted by Crippen LogP contribution is 2.22. The van der Waals surface area contributed by atoms with E-state index in [0.717, 1.165) is 4.48 Å². The summed E-state index contributed by atoms with van der Waals surface area (Å²) in [5, 5.41) is 6.33. The molecule has 3 heteroatoms. The van der Waals surface area contributed by atoms with E-state index in [0.29, 0.717) is 0 Å². The van der Waals surface area contributed by atoms with Crippen LogP contribution >= 0.6 is 15.9 Å². The first-order valence-electron chi connectivity index (χ1n) is 3.13. The maximum absolute atomic E-state index is 3.46. The predicted octanol–water partition coefficient (Wildman–Crippen LogP) is 1.20. The Labute approximate surface area is 67.8 Å². The molecule has 10 heavy (non-hydrogen) atoms. The molecule has 0 aromatic heterocycles. The van der Waals surface area contributed by atoms with E-state index >= 15 is 0 Å². The molecule has 2 heterocycles. The predicted molar refractivity (Wildman–Crippen MR) is 44.3 cm³/mol. The van der Waals surface area contributed by atoms with Crippen molar-refractivity contribution < 1.29 is 0 Å². The highest BCUT2D eigenvalue weighted by atomic mass is 79.9. The minimum atomic E-state index is 0.277. The lowest BCUT2D eigenvalue weighted by Gasteiger charge is -2.17. The van der Waals surface area contributed by atoms with E-state index in [2.05, 4.69) is 32.6 Å². The Kier molecular flexibility index (Phi) is 1.31. The zero-order valence-corrected chi connectivity index (χ0v) is 6.85. The second-order valence-corrected chi connectivity index (χ2v) is 3.09. The van der Waals surface area contributed by atoms with Crippen molar-refractivity contribution >= 4 is 15.9 Å². The summed E-state index contributed by atoms with van der Waals surface area (Å²) in [7, 11) is 0. The summed E-state index contributed by atoms with van der Waals surface area (Å²) in [6, 6.07) is 0. The van der Waals surface area contributed by atoms with Crippen LogP contribution in [0.3, 0.4) is 0 Å². The van der Waals surface area contributed by atoms with Gasteiger partial charge >= 0.3 is 0 Å². The van der Waals surface area contributed by atoms with Gasteiger partial charge in [0, 0.05) is 10.1 Å². The molecule has 2 nitrogen and oxygen atoms in total. The van der Waals surface area contributed by atoms with Gasteiger partial charge in [-0.1, -0.05) is 15.9 Å². The first kappa shape index (κ1) is 6.04. The molecule has 0 fully saturated rings. The molecule has 2 rings (SSSR count). The second kappa shape index (κ2) is 2.16. The van der Waals surface area contributed by atoms with Crippen LogP contribution in [0.15, 0.2) is 34.6 Å². The van der Waals surface area contributed by atoms with Gasteiger partial charge in [0.05, 0.1) is 0 Å². The molecule has 52 valence electrons. The van der Waals surface area contributed by atoms with Crippen LogP contribution < -0.4 is 10.6 Å². The summed E-state index contributed by atoms with van der Waals surface area (Å²) in [4.78, 5) is 0. The largest absolute Gasteiger partial charge is 0.368 e. The zero-order chi connectivity index (χ0) is 6.97. The van der Waals surface area contributed by atoms with Gasteiger partial charge in [0.25, 0.3) is 0 Å². The number of hydrogen-bond acceptors (Lipinski definition) is 2. The quantitative estimate of drug-likeness (QED) is 0.612. The Morgan fingerprint density at radius 1 is 1.20 bits per heavy atom. The molecule has 2 N–H and O–H groups in total. The van der Waals surface area contributed by atoms with Crippen LogP contribution in [0.5, 0.6) is 0 Å². The molecular weight excluding hydrogens is 192 g/mol. The lowest BCUT2D eigenvalue weighted by molar-refractivity contribution is 0.633. The molecular formula is C7H7BrN2. The maximum atomic E-state index is 3.46. The normalized spacial score (nSPS) is 27.9. The van der Waals surface area contributed by atoms with Crippen molar-refractivity contribution in [3.05, 3.63) is 34.6 Å². The average molecular weight is 199 g/mol. The van der Waals surface area contributed by atoms with Gasteiger partial charge in [-0.3, -0.25) is 0 Å². The number of halogens is 1. The fraction of sp³-hybridized carbons (Fsp3) is 0.143. The Bertz CT molecular complexity index is 240. The Morgan fingerprint density at radius 3 is 2.60 bits per heavy atom. The van der Waals surface area contributed by atoms with Crippen molar-refractivity contribution in [1.82, 2.24) is 10.6 Å². The van der Waals surface area contributed by atoms with Gasteiger partial charge in [-0.2, -0.15) is 0 Å². The topological polar surface area (TPSA) is 24.1 Å². The number of nitrogens with one attached hydrogen (secondary N) is 2. The minimum Gasteiger partial charge on any atom is -0.368 e. The summed E-state index contributed by atoms with van der Waals surface area (Å²) in [5.41, 5.74) is 1.27. The third-order valence-electron chi connectivity index (χ3n) is 1.61. The number of rotatable bonds is 0. The van der Waals surface area contributed by atoms with Gasteiger partial charge in [0.2, 0.25) is 0 Å². The number of fused-ring (bicyclic) bond motifs is 1. The molecule has 2 aliphatic heterocycles. The molecule has 0 bridgehead atoms. The van der Waals surface area contributed by atoms with E-state index in [9.17, 15) is 0 Å². The summed E-state index contributed by atoms with van der Waals surface area (Å²) < 4.78 is 1.15. The van der Waals surface area contributed by atoms with Crippen molar-refractivity contribution in [2.45, 2.75) is 6.17 Å². The van der Waals surface area contributed by atoms with Crippen LogP contribution in [0.4, 0.5) is 0 Å². The highest BCUT2D eigenvalue weighted by Gasteiger charge is 2.18. The molecule has 0 spiro atoms. The van der Waals surface area contributed by atoms with Gasteiger partial charge in [0.15, 0.2) is 0 Å². The molecule has 0 aliphatic carbocycles. The van der Waals surface area contributed by atoms with Gasteiger partial charge in [-0.05, 0) is 24.6 Å². The lowest BCUT2D eigenvalue weighted by Crippen LogP contribution is -2.35. The minimum absolute atomic E-state index is 0.277. The fourth-order valence-corrected chi connectivity index (χ4v) is 1.58. The number of hydrogen-bond donors (Lipinski definition) is 2. The Morgan fingerprint density at radius 2 is 1.90 bits per heavy atom. The van der Waals surface area contributed by atoms with Crippen LogP contribution in [0.25, 0.3) is 0 Å². The lowest BCUT2D eigenvalue weighted by atomic mass is 10.2. The molecule has 0 saturated carbocycles. The van der Waals surface area contributed by atoms with E-state index in [-0.39, 0.29) is 6.17 Å². The van der Waals surface area contributed by atoms with Crippen molar-refractivity contribution in [3.63, 3.8) is 0 Å². The first-order valence-corrected chi connectivity index (χ1v) is 3.92. The summed E-state index contributed by atoms with van der Waals surface area (Å²) >= 11 is 3.46.